The molecule has 0 aliphatic heterocycles. The Morgan fingerprint density at radius 1 is 0.974 bits per heavy atom. The molecule has 198 valence electrons. The third-order valence-electron chi connectivity index (χ3n) is 7.46. The van der Waals surface area contributed by atoms with Crippen LogP contribution in [0.5, 0.6) is 0 Å². The van der Waals surface area contributed by atoms with Gasteiger partial charge in [-0.2, -0.15) is 0 Å². The standard InChI is InChI=1S/C31H35N2O4P/c1-20-22(17-18-28(34)35)9-6-11-26(20)33-31(37)29(23-7-2-3-8-23)24-15-13-21(14-16-24)19-32-30(36)25-10-4-5-12-27(25)38/h4-6,9-16,23,29H,2-3,7-8,17-19,38H2,1H3,(H,32,36)(H,33,37)(H,34,35). The summed E-state index contributed by atoms with van der Waals surface area (Å²) in [5.41, 5.74) is 5.14. The Kier molecular flexibility index (Phi) is 9.30. The minimum absolute atomic E-state index is 0.0338. The molecule has 0 heterocycles. The summed E-state index contributed by atoms with van der Waals surface area (Å²) in [6.45, 7) is 2.33. The Morgan fingerprint density at radius 3 is 2.37 bits per heavy atom. The highest BCUT2D eigenvalue weighted by Crippen LogP contribution is 2.38. The van der Waals surface area contributed by atoms with E-state index in [0.717, 1.165) is 58.9 Å². The first-order valence-electron chi connectivity index (χ1n) is 13.2. The number of aliphatic carboxylic acids is 1. The molecule has 2 unspecified atom stereocenters. The molecule has 38 heavy (non-hydrogen) atoms. The van der Waals surface area contributed by atoms with Crippen LogP contribution in [-0.4, -0.2) is 22.9 Å². The molecule has 0 saturated heterocycles. The van der Waals surface area contributed by atoms with Gasteiger partial charge in [-0.25, -0.2) is 0 Å². The van der Waals surface area contributed by atoms with Crippen molar-refractivity contribution in [2.75, 3.05) is 5.32 Å². The van der Waals surface area contributed by atoms with Crippen molar-refractivity contribution in [1.82, 2.24) is 5.32 Å². The van der Waals surface area contributed by atoms with Crippen LogP contribution < -0.4 is 15.9 Å². The zero-order chi connectivity index (χ0) is 27.1. The molecule has 0 radical (unpaired) electrons. The van der Waals surface area contributed by atoms with Crippen LogP contribution >= 0.6 is 9.24 Å². The van der Waals surface area contributed by atoms with E-state index in [4.69, 9.17) is 5.11 Å². The lowest BCUT2D eigenvalue weighted by Gasteiger charge is -2.24. The number of amides is 2. The van der Waals surface area contributed by atoms with Gasteiger partial charge in [-0.05, 0) is 71.8 Å². The molecule has 3 N–H and O–H groups in total. The fraction of sp³-hybridized carbons (Fsp3) is 0.323. The second kappa shape index (κ2) is 12.8. The number of benzene rings is 3. The van der Waals surface area contributed by atoms with Crippen LogP contribution in [0, 0.1) is 12.8 Å². The molecule has 1 saturated carbocycles. The molecule has 0 aromatic heterocycles. The predicted molar refractivity (Wildman–Crippen MR) is 154 cm³/mol. The topological polar surface area (TPSA) is 95.5 Å². The van der Waals surface area contributed by atoms with Crippen LogP contribution in [0.3, 0.4) is 0 Å². The van der Waals surface area contributed by atoms with E-state index in [2.05, 4.69) is 19.9 Å². The number of hydrogen-bond donors (Lipinski definition) is 3. The maximum Gasteiger partial charge on any atom is 0.303 e. The largest absolute Gasteiger partial charge is 0.481 e. The highest BCUT2D eigenvalue weighted by Gasteiger charge is 2.32. The maximum absolute atomic E-state index is 13.7. The van der Waals surface area contributed by atoms with Gasteiger partial charge in [0.05, 0.1) is 5.92 Å². The Hall–Kier alpha value is -3.50. The van der Waals surface area contributed by atoms with Gasteiger partial charge in [-0.15, -0.1) is 9.24 Å². The predicted octanol–water partition coefficient (Wildman–Crippen LogP) is 5.36. The Balaban J connectivity index is 1.47. The van der Waals surface area contributed by atoms with Crippen molar-refractivity contribution in [3.63, 3.8) is 0 Å². The number of aryl methyl sites for hydroxylation is 1. The van der Waals surface area contributed by atoms with Crippen LogP contribution in [0.4, 0.5) is 5.69 Å². The lowest BCUT2D eigenvalue weighted by Crippen LogP contribution is -2.27. The zero-order valence-electron chi connectivity index (χ0n) is 21.7. The number of carboxylic acids is 1. The number of rotatable bonds is 10. The summed E-state index contributed by atoms with van der Waals surface area (Å²) in [7, 11) is 2.59. The quantitative estimate of drug-likeness (QED) is 0.308. The van der Waals surface area contributed by atoms with Gasteiger partial charge in [0.15, 0.2) is 0 Å². The highest BCUT2D eigenvalue weighted by atomic mass is 31.0. The number of carbonyl (C=O) groups excluding carboxylic acids is 2. The summed E-state index contributed by atoms with van der Waals surface area (Å²) >= 11 is 0. The smallest absolute Gasteiger partial charge is 0.303 e. The van der Waals surface area contributed by atoms with Crippen molar-refractivity contribution in [3.8, 4) is 0 Å². The van der Waals surface area contributed by atoms with Gasteiger partial charge in [0.2, 0.25) is 5.91 Å². The Labute approximate surface area is 226 Å². The molecule has 2 amide bonds. The van der Waals surface area contributed by atoms with E-state index in [1.165, 1.54) is 0 Å². The summed E-state index contributed by atoms with van der Waals surface area (Å²) in [5.74, 6) is -0.989. The molecular weight excluding hydrogens is 495 g/mol. The monoisotopic (exact) mass is 530 g/mol. The molecule has 3 aromatic carbocycles. The summed E-state index contributed by atoms with van der Waals surface area (Å²) < 4.78 is 0. The first-order valence-corrected chi connectivity index (χ1v) is 13.7. The molecular formula is C31H35N2O4P. The van der Waals surface area contributed by atoms with E-state index in [9.17, 15) is 14.4 Å². The van der Waals surface area contributed by atoms with E-state index in [1.807, 2.05) is 67.6 Å². The normalized spacial score (nSPS) is 14.2. The number of carbonyl (C=O) groups is 3. The van der Waals surface area contributed by atoms with Crippen molar-refractivity contribution in [2.24, 2.45) is 5.92 Å². The van der Waals surface area contributed by atoms with E-state index >= 15 is 0 Å². The second-order valence-electron chi connectivity index (χ2n) is 10.0. The maximum atomic E-state index is 13.7. The molecule has 0 spiro atoms. The molecule has 6 nitrogen and oxygen atoms in total. The van der Waals surface area contributed by atoms with E-state index in [-0.39, 0.29) is 30.1 Å². The number of hydrogen-bond acceptors (Lipinski definition) is 3. The molecule has 1 aliphatic rings. The summed E-state index contributed by atoms with van der Waals surface area (Å²) in [6, 6.07) is 21.1. The fourth-order valence-corrected chi connectivity index (χ4v) is 5.63. The van der Waals surface area contributed by atoms with Crippen LogP contribution in [-0.2, 0) is 22.6 Å². The van der Waals surface area contributed by atoms with E-state index in [0.29, 0.717) is 18.5 Å². The number of carboxylic acid groups (broad SMARTS) is 1. The molecule has 7 heteroatoms. The Morgan fingerprint density at radius 2 is 1.68 bits per heavy atom. The summed E-state index contributed by atoms with van der Waals surface area (Å²) in [5, 5.41) is 16.0. The lowest BCUT2D eigenvalue weighted by molar-refractivity contribution is -0.137. The Bertz CT molecular complexity index is 1300. The average Bonchev–Trinajstić information content (AvgIpc) is 3.43. The minimum Gasteiger partial charge on any atom is -0.481 e. The van der Waals surface area contributed by atoms with Gasteiger partial charge in [-0.1, -0.05) is 67.4 Å². The van der Waals surface area contributed by atoms with Crippen LogP contribution in [0.2, 0.25) is 0 Å². The van der Waals surface area contributed by atoms with Gasteiger partial charge >= 0.3 is 5.97 Å². The zero-order valence-corrected chi connectivity index (χ0v) is 22.9. The van der Waals surface area contributed by atoms with Gasteiger partial charge in [0, 0.05) is 24.2 Å². The van der Waals surface area contributed by atoms with E-state index < -0.39 is 5.97 Å². The minimum atomic E-state index is -0.836. The third-order valence-corrected chi connectivity index (χ3v) is 7.97. The third kappa shape index (κ3) is 6.87. The second-order valence-corrected chi connectivity index (χ2v) is 10.6. The first-order chi connectivity index (χ1) is 18.3. The molecule has 4 rings (SSSR count). The van der Waals surface area contributed by atoms with Gasteiger partial charge in [0.25, 0.3) is 5.91 Å². The van der Waals surface area contributed by atoms with Crippen molar-refractivity contribution in [3.05, 3.63) is 94.5 Å². The van der Waals surface area contributed by atoms with Crippen molar-refractivity contribution in [1.29, 1.82) is 0 Å². The van der Waals surface area contributed by atoms with Crippen molar-refractivity contribution >= 4 is 38.0 Å². The number of nitrogens with one attached hydrogen (secondary N) is 2. The van der Waals surface area contributed by atoms with Crippen LogP contribution in [0.15, 0.2) is 66.7 Å². The SMILES string of the molecule is Cc1c(CCC(=O)O)cccc1NC(=O)C(c1ccc(CNC(=O)c2ccccc2P)cc1)C1CCCC1. The summed E-state index contributed by atoms with van der Waals surface area (Å²) in [4.78, 5) is 37.2. The molecule has 2 atom stereocenters. The van der Waals surface area contributed by atoms with Gasteiger partial charge in [-0.3, -0.25) is 14.4 Å². The molecule has 1 fully saturated rings. The fourth-order valence-electron chi connectivity index (χ4n) is 5.29. The van der Waals surface area contributed by atoms with Gasteiger partial charge in [0.1, 0.15) is 0 Å². The van der Waals surface area contributed by atoms with Crippen LogP contribution in [0.25, 0.3) is 0 Å². The number of anilines is 1. The highest BCUT2D eigenvalue weighted by molar-refractivity contribution is 7.27. The van der Waals surface area contributed by atoms with E-state index in [1.54, 1.807) is 6.07 Å². The van der Waals surface area contributed by atoms with Crippen LogP contribution in [0.1, 0.15) is 70.6 Å². The van der Waals surface area contributed by atoms with Gasteiger partial charge < -0.3 is 15.7 Å². The van der Waals surface area contributed by atoms with Crippen molar-refractivity contribution < 1.29 is 19.5 Å². The first kappa shape index (κ1) is 27.5. The molecule has 0 bridgehead atoms. The lowest BCUT2D eigenvalue weighted by atomic mass is 9.83. The molecule has 1 aliphatic carbocycles. The average molecular weight is 531 g/mol. The molecule has 3 aromatic rings. The van der Waals surface area contributed by atoms with Crippen molar-refractivity contribution in [2.45, 2.75) is 57.9 Å². The summed E-state index contributed by atoms with van der Waals surface area (Å²) in [6.07, 6.45) is 4.76.